The summed E-state index contributed by atoms with van der Waals surface area (Å²) in [6.45, 7) is 4.19. The number of hydrogen-bond acceptors (Lipinski definition) is 5. The number of amides is 1. The van der Waals surface area contributed by atoms with Crippen LogP contribution in [0.2, 0.25) is 0 Å². The average Bonchev–Trinajstić information content (AvgIpc) is 2.95. The Morgan fingerprint density at radius 3 is 2.70 bits per heavy atom. The summed E-state index contributed by atoms with van der Waals surface area (Å²) in [5.74, 6) is 1.51. The van der Waals surface area contributed by atoms with Crippen molar-refractivity contribution in [3.05, 3.63) is 30.1 Å². The molecule has 0 aliphatic rings. The molecule has 0 spiro atoms. The molecule has 0 aliphatic carbocycles. The molecule has 23 heavy (non-hydrogen) atoms. The SMILES string of the molecule is CC(C)c1nc2ccccc2c2nnc(SCC(=O)N(C)C)n12. The summed E-state index contributed by atoms with van der Waals surface area (Å²) >= 11 is 1.39. The van der Waals surface area contributed by atoms with E-state index >= 15 is 0 Å². The first-order chi connectivity index (χ1) is 11.0. The Labute approximate surface area is 138 Å². The number of carbonyl (C=O) groups is 1. The van der Waals surface area contributed by atoms with Crippen molar-refractivity contribution in [2.45, 2.75) is 24.9 Å². The third kappa shape index (κ3) is 2.88. The van der Waals surface area contributed by atoms with E-state index in [-0.39, 0.29) is 11.8 Å². The maximum Gasteiger partial charge on any atom is 0.232 e. The van der Waals surface area contributed by atoms with Crippen LogP contribution < -0.4 is 0 Å². The summed E-state index contributed by atoms with van der Waals surface area (Å²) in [5.41, 5.74) is 1.70. The average molecular weight is 329 g/mol. The molecule has 1 amide bonds. The highest BCUT2D eigenvalue weighted by molar-refractivity contribution is 7.99. The van der Waals surface area contributed by atoms with Crippen LogP contribution in [0.15, 0.2) is 29.4 Å². The van der Waals surface area contributed by atoms with Gasteiger partial charge in [0.25, 0.3) is 0 Å². The van der Waals surface area contributed by atoms with Crippen LogP contribution in [0.1, 0.15) is 25.6 Å². The zero-order valence-electron chi connectivity index (χ0n) is 13.6. The van der Waals surface area contributed by atoms with Gasteiger partial charge in [-0.2, -0.15) is 0 Å². The summed E-state index contributed by atoms with van der Waals surface area (Å²) in [4.78, 5) is 18.2. The quantitative estimate of drug-likeness (QED) is 0.688. The number of thioether (sulfide) groups is 1. The lowest BCUT2D eigenvalue weighted by Gasteiger charge is -2.12. The van der Waals surface area contributed by atoms with Crippen LogP contribution in [0.4, 0.5) is 0 Å². The van der Waals surface area contributed by atoms with Crippen molar-refractivity contribution in [1.82, 2.24) is 24.5 Å². The number of carbonyl (C=O) groups excluding carboxylic acids is 1. The van der Waals surface area contributed by atoms with Gasteiger partial charge in [0.05, 0.1) is 11.3 Å². The van der Waals surface area contributed by atoms with Crippen molar-refractivity contribution < 1.29 is 4.79 Å². The van der Waals surface area contributed by atoms with Crippen molar-refractivity contribution in [3.63, 3.8) is 0 Å². The van der Waals surface area contributed by atoms with E-state index in [1.54, 1.807) is 19.0 Å². The molecule has 0 aliphatic heterocycles. The summed E-state index contributed by atoms with van der Waals surface area (Å²) in [6.07, 6.45) is 0. The van der Waals surface area contributed by atoms with Crippen molar-refractivity contribution in [2.75, 3.05) is 19.8 Å². The fourth-order valence-electron chi connectivity index (χ4n) is 2.32. The third-order valence-electron chi connectivity index (χ3n) is 3.58. The number of fused-ring (bicyclic) bond motifs is 3. The van der Waals surface area contributed by atoms with E-state index in [1.165, 1.54) is 11.8 Å². The van der Waals surface area contributed by atoms with Crippen LogP contribution in [-0.2, 0) is 4.79 Å². The molecule has 1 aromatic carbocycles. The van der Waals surface area contributed by atoms with Gasteiger partial charge in [-0.25, -0.2) is 4.98 Å². The van der Waals surface area contributed by atoms with Crippen LogP contribution in [-0.4, -0.2) is 50.2 Å². The Balaban J connectivity index is 2.13. The molecule has 120 valence electrons. The van der Waals surface area contributed by atoms with Crippen molar-refractivity contribution in [2.24, 2.45) is 0 Å². The summed E-state index contributed by atoms with van der Waals surface area (Å²) in [7, 11) is 3.50. The van der Waals surface area contributed by atoms with E-state index in [0.29, 0.717) is 10.9 Å². The predicted molar refractivity (Wildman–Crippen MR) is 91.8 cm³/mol. The topological polar surface area (TPSA) is 63.4 Å². The maximum atomic E-state index is 11.8. The lowest BCUT2D eigenvalue weighted by Crippen LogP contribution is -2.23. The van der Waals surface area contributed by atoms with Gasteiger partial charge in [0.15, 0.2) is 10.8 Å². The van der Waals surface area contributed by atoms with E-state index in [0.717, 1.165) is 22.4 Å². The lowest BCUT2D eigenvalue weighted by atomic mass is 10.2. The molecular weight excluding hydrogens is 310 g/mol. The van der Waals surface area contributed by atoms with Gasteiger partial charge >= 0.3 is 0 Å². The highest BCUT2D eigenvalue weighted by atomic mass is 32.2. The zero-order valence-corrected chi connectivity index (χ0v) is 14.5. The molecular formula is C16H19N5OS. The molecule has 3 aromatic rings. The number of para-hydroxylation sites is 1. The van der Waals surface area contributed by atoms with E-state index in [9.17, 15) is 4.79 Å². The Morgan fingerprint density at radius 1 is 1.26 bits per heavy atom. The molecule has 0 fully saturated rings. The number of benzene rings is 1. The fourth-order valence-corrected chi connectivity index (χ4v) is 3.24. The standard InChI is InChI=1S/C16H19N5OS/c1-10(2)14-17-12-8-6-5-7-11(12)15-18-19-16(21(14)15)23-9-13(22)20(3)4/h5-8,10H,9H2,1-4H3. The van der Waals surface area contributed by atoms with Gasteiger partial charge in [-0.1, -0.05) is 37.7 Å². The largest absolute Gasteiger partial charge is 0.348 e. The molecule has 2 heterocycles. The number of rotatable bonds is 4. The second kappa shape index (κ2) is 6.16. The van der Waals surface area contributed by atoms with Crippen molar-refractivity contribution in [1.29, 1.82) is 0 Å². The highest BCUT2D eigenvalue weighted by Gasteiger charge is 2.18. The van der Waals surface area contributed by atoms with Gasteiger partial charge < -0.3 is 4.90 Å². The van der Waals surface area contributed by atoms with Gasteiger partial charge in [0.2, 0.25) is 5.91 Å². The Bertz CT molecular complexity index is 871. The Hall–Kier alpha value is -2.15. The fraction of sp³-hybridized carbons (Fsp3) is 0.375. The molecule has 3 rings (SSSR count). The molecule has 2 aromatic heterocycles. The molecule has 0 saturated heterocycles. The molecule has 0 bridgehead atoms. The van der Waals surface area contributed by atoms with Gasteiger partial charge in [-0.15, -0.1) is 10.2 Å². The third-order valence-corrected chi connectivity index (χ3v) is 4.50. The van der Waals surface area contributed by atoms with Crippen LogP contribution in [0, 0.1) is 0 Å². The molecule has 0 saturated carbocycles. The Morgan fingerprint density at radius 2 is 2.00 bits per heavy atom. The van der Waals surface area contributed by atoms with Crippen LogP contribution in [0.25, 0.3) is 16.6 Å². The first kappa shape index (κ1) is 15.7. The van der Waals surface area contributed by atoms with Crippen molar-refractivity contribution >= 4 is 34.2 Å². The second-order valence-corrected chi connectivity index (χ2v) is 6.80. The molecule has 0 N–H and O–H groups in total. The number of aromatic nitrogens is 4. The smallest absolute Gasteiger partial charge is 0.232 e. The molecule has 6 nitrogen and oxygen atoms in total. The van der Waals surface area contributed by atoms with Crippen molar-refractivity contribution in [3.8, 4) is 0 Å². The Kier molecular flexibility index (Phi) is 4.21. The van der Waals surface area contributed by atoms with E-state index in [2.05, 4.69) is 24.0 Å². The van der Waals surface area contributed by atoms with E-state index in [1.807, 2.05) is 28.7 Å². The van der Waals surface area contributed by atoms with E-state index in [4.69, 9.17) is 4.98 Å². The minimum atomic E-state index is 0.0478. The van der Waals surface area contributed by atoms with Gasteiger partial charge in [0, 0.05) is 25.4 Å². The van der Waals surface area contributed by atoms with Crippen LogP contribution >= 0.6 is 11.8 Å². The highest BCUT2D eigenvalue weighted by Crippen LogP contribution is 2.27. The predicted octanol–water partition coefficient (Wildman–Crippen LogP) is 2.58. The van der Waals surface area contributed by atoms with Gasteiger partial charge in [-0.05, 0) is 12.1 Å². The first-order valence-electron chi connectivity index (χ1n) is 7.45. The normalized spacial score (nSPS) is 11.5. The molecule has 0 unspecified atom stereocenters. The van der Waals surface area contributed by atoms with Gasteiger partial charge in [-0.3, -0.25) is 9.20 Å². The summed E-state index contributed by atoms with van der Waals surface area (Å²) < 4.78 is 1.97. The van der Waals surface area contributed by atoms with E-state index < -0.39 is 0 Å². The molecule has 0 atom stereocenters. The summed E-state index contributed by atoms with van der Waals surface area (Å²) in [6, 6.07) is 7.92. The molecule has 7 heteroatoms. The monoisotopic (exact) mass is 329 g/mol. The van der Waals surface area contributed by atoms with Gasteiger partial charge in [0.1, 0.15) is 5.82 Å². The first-order valence-corrected chi connectivity index (χ1v) is 8.44. The maximum absolute atomic E-state index is 11.8. The minimum absolute atomic E-state index is 0.0478. The lowest BCUT2D eigenvalue weighted by molar-refractivity contribution is -0.125. The zero-order chi connectivity index (χ0) is 16.6. The molecule has 0 radical (unpaired) electrons. The number of hydrogen-bond donors (Lipinski definition) is 0. The second-order valence-electron chi connectivity index (χ2n) is 5.86. The minimum Gasteiger partial charge on any atom is -0.348 e. The van der Waals surface area contributed by atoms with Crippen LogP contribution in [0.5, 0.6) is 0 Å². The summed E-state index contributed by atoms with van der Waals surface area (Å²) in [5, 5.41) is 10.3. The number of nitrogens with zero attached hydrogens (tertiary/aromatic N) is 5. The van der Waals surface area contributed by atoms with Crippen LogP contribution in [0.3, 0.4) is 0 Å².